The minimum absolute atomic E-state index is 0.0236. The Labute approximate surface area is 149 Å². The molecule has 25 heavy (non-hydrogen) atoms. The van der Waals surface area contributed by atoms with Gasteiger partial charge in [-0.15, -0.1) is 0 Å². The van der Waals surface area contributed by atoms with Crippen LogP contribution < -0.4 is 5.32 Å². The summed E-state index contributed by atoms with van der Waals surface area (Å²) >= 11 is 0. The molecule has 0 spiro atoms. The molecule has 0 aliphatic heterocycles. The highest BCUT2D eigenvalue weighted by atomic mass is 16.2. The van der Waals surface area contributed by atoms with Gasteiger partial charge < -0.3 is 10.2 Å². The summed E-state index contributed by atoms with van der Waals surface area (Å²) < 4.78 is 0. The van der Waals surface area contributed by atoms with Gasteiger partial charge in [-0.1, -0.05) is 60.2 Å². The van der Waals surface area contributed by atoms with E-state index < -0.39 is 0 Å². The van der Waals surface area contributed by atoms with Gasteiger partial charge in [0.2, 0.25) is 11.8 Å². The van der Waals surface area contributed by atoms with Gasteiger partial charge in [-0.2, -0.15) is 0 Å². The second kappa shape index (κ2) is 9.02. The topological polar surface area (TPSA) is 49.4 Å². The smallest absolute Gasteiger partial charge is 0.222 e. The summed E-state index contributed by atoms with van der Waals surface area (Å²) in [6.45, 7) is 6.47. The van der Waals surface area contributed by atoms with Crippen LogP contribution >= 0.6 is 0 Å². The summed E-state index contributed by atoms with van der Waals surface area (Å²) in [5.41, 5.74) is 3.32. The quantitative estimate of drug-likeness (QED) is 0.838. The van der Waals surface area contributed by atoms with Gasteiger partial charge in [0.15, 0.2) is 0 Å². The van der Waals surface area contributed by atoms with E-state index >= 15 is 0 Å². The Balaban J connectivity index is 1.86. The van der Waals surface area contributed by atoms with Crippen molar-refractivity contribution in [2.75, 3.05) is 6.54 Å². The average molecular weight is 338 g/mol. The van der Waals surface area contributed by atoms with Crippen LogP contribution in [0.1, 0.15) is 43.0 Å². The van der Waals surface area contributed by atoms with Crippen molar-refractivity contribution < 1.29 is 9.59 Å². The van der Waals surface area contributed by atoms with Crippen molar-refractivity contribution in [3.8, 4) is 0 Å². The number of amides is 2. The van der Waals surface area contributed by atoms with Crippen molar-refractivity contribution in [1.82, 2.24) is 10.2 Å². The molecule has 1 unspecified atom stereocenters. The molecule has 0 bridgehead atoms. The number of carbonyl (C=O) groups excluding carboxylic acids is 2. The Morgan fingerprint density at radius 1 is 1.04 bits per heavy atom. The van der Waals surface area contributed by atoms with E-state index in [9.17, 15) is 9.59 Å². The number of nitrogens with zero attached hydrogens (tertiary/aromatic N) is 1. The van der Waals surface area contributed by atoms with E-state index in [-0.39, 0.29) is 17.9 Å². The molecule has 0 radical (unpaired) electrons. The van der Waals surface area contributed by atoms with E-state index in [0.717, 1.165) is 11.1 Å². The van der Waals surface area contributed by atoms with Gasteiger partial charge in [-0.05, 0) is 25.0 Å². The Hall–Kier alpha value is -2.62. The van der Waals surface area contributed by atoms with Crippen LogP contribution in [0.15, 0.2) is 54.6 Å². The number of hydrogen-bond donors (Lipinski definition) is 1. The third-order valence-corrected chi connectivity index (χ3v) is 4.23. The monoisotopic (exact) mass is 338 g/mol. The van der Waals surface area contributed by atoms with Crippen molar-refractivity contribution in [2.45, 2.75) is 39.8 Å². The molecular formula is C21H26N2O2. The molecule has 0 aliphatic rings. The SMILES string of the molecule is CC(=O)N(CCC(=O)NC(C)c1ccccc1)Cc1ccc(C)cc1. The normalized spacial score (nSPS) is 11.6. The molecule has 2 aromatic carbocycles. The van der Waals surface area contributed by atoms with E-state index in [0.29, 0.717) is 19.5 Å². The number of benzene rings is 2. The predicted molar refractivity (Wildman–Crippen MR) is 99.9 cm³/mol. The summed E-state index contributed by atoms with van der Waals surface area (Å²) in [7, 11) is 0. The fourth-order valence-electron chi connectivity index (χ4n) is 2.64. The van der Waals surface area contributed by atoms with Crippen molar-refractivity contribution in [3.05, 3.63) is 71.3 Å². The number of rotatable bonds is 7. The van der Waals surface area contributed by atoms with Gasteiger partial charge in [0.1, 0.15) is 0 Å². The van der Waals surface area contributed by atoms with E-state index in [2.05, 4.69) is 5.32 Å². The molecule has 1 N–H and O–H groups in total. The van der Waals surface area contributed by atoms with Gasteiger partial charge in [0.05, 0.1) is 6.04 Å². The van der Waals surface area contributed by atoms with Gasteiger partial charge in [0, 0.05) is 26.4 Å². The lowest BCUT2D eigenvalue weighted by Gasteiger charge is -2.22. The largest absolute Gasteiger partial charge is 0.350 e. The van der Waals surface area contributed by atoms with Crippen LogP contribution in [0.3, 0.4) is 0 Å². The first-order valence-electron chi connectivity index (χ1n) is 8.61. The molecule has 132 valence electrons. The van der Waals surface area contributed by atoms with Crippen LogP contribution in [-0.2, 0) is 16.1 Å². The summed E-state index contributed by atoms with van der Waals surface area (Å²) in [6, 6.07) is 17.9. The molecule has 4 heteroatoms. The lowest BCUT2D eigenvalue weighted by Crippen LogP contribution is -2.34. The van der Waals surface area contributed by atoms with Crippen LogP contribution in [-0.4, -0.2) is 23.3 Å². The van der Waals surface area contributed by atoms with E-state index in [1.165, 1.54) is 5.56 Å². The molecule has 0 saturated heterocycles. The molecule has 2 aromatic rings. The Morgan fingerprint density at radius 2 is 1.68 bits per heavy atom. The highest BCUT2D eigenvalue weighted by Crippen LogP contribution is 2.12. The molecule has 0 heterocycles. The maximum atomic E-state index is 12.2. The number of nitrogens with one attached hydrogen (secondary N) is 1. The Bertz CT molecular complexity index is 696. The van der Waals surface area contributed by atoms with Gasteiger partial charge in [-0.3, -0.25) is 9.59 Å². The molecule has 0 saturated carbocycles. The zero-order valence-electron chi connectivity index (χ0n) is 15.2. The second-order valence-corrected chi connectivity index (χ2v) is 6.38. The first-order chi connectivity index (χ1) is 12.0. The fourth-order valence-corrected chi connectivity index (χ4v) is 2.64. The molecule has 2 amide bonds. The van der Waals surface area contributed by atoms with E-state index in [1.807, 2.05) is 68.4 Å². The summed E-state index contributed by atoms with van der Waals surface area (Å²) in [6.07, 6.45) is 0.294. The number of carbonyl (C=O) groups is 2. The van der Waals surface area contributed by atoms with Crippen molar-refractivity contribution in [2.24, 2.45) is 0 Å². The first kappa shape index (κ1) is 18.7. The molecule has 4 nitrogen and oxygen atoms in total. The van der Waals surface area contributed by atoms with Crippen molar-refractivity contribution in [1.29, 1.82) is 0 Å². The number of aryl methyl sites for hydroxylation is 1. The Morgan fingerprint density at radius 3 is 2.28 bits per heavy atom. The molecule has 2 rings (SSSR count). The second-order valence-electron chi connectivity index (χ2n) is 6.38. The van der Waals surface area contributed by atoms with Crippen LogP contribution in [0.4, 0.5) is 0 Å². The third-order valence-electron chi connectivity index (χ3n) is 4.23. The van der Waals surface area contributed by atoms with Crippen molar-refractivity contribution >= 4 is 11.8 Å². The molecule has 1 atom stereocenters. The molecular weight excluding hydrogens is 312 g/mol. The molecule has 0 aromatic heterocycles. The van der Waals surface area contributed by atoms with Crippen LogP contribution in [0.5, 0.6) is 0 Å². The minimum Gasteiger partial charge on any atom is -0.350 e. The molecule has 0 fully saturated rings. The first-order valence-corrected chi connectivity index (χ1v) is 8.61. The summed E-state index contributed by atoms with van der Waals surface area (Å²) in [5, 5.41) is 2.98. The van der Waals surface area contributed by atoms with Crippen LogP contribution in [0.2, 0.25) is 0 Å². The lowest BCUT2D eigenvalue weighted by atomic mass is 10.1. The highest BCUT2D eigenvalue weighted by Gasteiger charge is 2.14. The lowest BCUT2D eigenvalue weighted by molar-refractivity contribution is -0.130. The maximum absolute atomic E-state index is 12.2. The zero-order chi connectivity index (χ0) is 18.2. The van der Waals surface area contributed by atoms with E-state index in [4.69, 9.17) is 0 Å². The summed E-state index contributed by atoms with van der Waals surface area (Å²) in [5.74, 6) is -0.0732. The number of hydrogen-bond acceptors (Lipinski definition) is 2. The Kier molecular flexibility index (Phi) is 6.75. The van der Waals surface area contributed by atoms with Crippen LogP contribution in [0.25, 0.3) is 0 Å². The maximum Gasteiger partial charge on any atom is 0.222 e. The van der Waals surface area contributed by atoms with Crippen molar-refractivity contribution in [3.63, 3.8) is 0 Å². The highest BCUT2D eigenvalue weighted by molar-refractivity contribution is 5.78. The molecule has 0 aliphatic carbocycles. The standard InChI is InChI=1S/C21H26N2O2/c1-16-9-11-19(12-10-16)15-23(18(3)24)14-13-21(25)22-17(2)20-7-5-4-6-8-20/h4-12,17H,13-15H2,1-3H3,(H,22,25). The predicted octanol–water partition coefficient (Wildman–Crippen LogP) is 3.61. The average Bonchev–Trinajstić information content (AvgIpc) is 2.60. The zero-order valence-corrected chi connectivity index (χ0v) is 15.2. The van der Waals surface area contributed by atoms with Gasteiger partial charge in [0.25, 0.3) is 0 Å². The van der Waals surface area contributed by atoms with Gasteiger partial charge >= 0.3 is 0 Å². The summed E-state index contributed by atoms with van der Waals surface area (Å²) in [4.78, 5) is 25.8. The third kappa shape index (κ3) is 6.07. The van der Waals surface area contributed by atoms with E-state index in [1.54, 1.807) is 11.8 Å². The van der Waals surface area contributed by atoms with Crippen LogP contribution in [0, 0.1) is 6.92 Å². The van der Waals surface area contributed by atoms with Gasteiger partial charge in [-0.25, -0.2) is 0 Å². The minimum atomic E-state index is -0.0495. The fraction of sp³-hybridized carbons (Fsp3) is 0.333.